The fraction of sp³-hybridized carbons (Fsp3) is 0. The molecule has 0 aliphatic heterocycles. The monoisotopic (exact) mass is 143 g/mol. The van der Waals surface area contributed by atoms with Gasteiger partial charge in [-0.25, -0.2) is 0 Å². The van der Waals surface area contributed by atoms with Crippen molar-refractivity contribution in [3.63, 3.8) is 0 Å². The summed E-state index contributed by atoms with van der Waals surface area (Å²) in [6, 6.07) is 0. The Morgan fingerprint density at radius 3 is 0.667 bits per heavy atom. The molecule has 0 atom stereocenters. The van der Waals surface area contributed by atoms with Gasteiger partial charge in [0.1, 0.15) is 0 Å². The molecule has 0 unspecified atom stereocenters. The Morgan fingerprint density at radius 2 is 0.667 bits per heavy atom. The molecular weight excluding hydrogens is 135 g/mol. The van der Waals surface area contributed by atoms with Crippen molar-refractivity contribution in [3.05, 3.63) is 0 Å². The SMILES string of the molecule is O.O.O.O.[O]=[Mn]. The van der Waals surface area contributed by atoms with Crippen molar-refractivity contribution in [1.29, 1.82) is 0 Å². The van der Waals surface area contributed by atoms with E-state index in [1.165, 1.54) is 0 Å². The zero-order valence-electron chi connectivity index (χ0n) is 2.79. The molecule has 45 valence electrons. The molecule has 6 heavy (non-hydrogen) atoms. The topological polar surface area (TPSA) is 143 Å². The van der Waals surface area contributed by atoms with E-state index in [4.69, 9.17) is 3.83 Å². The Kier molecular flexibility index (Phi) is 71300. The van der Waals surface area contributed by atoms with Crippen LogP contribution in [0.5, 0.6) is 0 Å². The van der Waals surface area contributed by atoms with Gasteiger partial charge in [-0.15, -0.1) is 0 Å². The standard InChI is InChI=1S/Mn.4H2O.O/h;4*1H2;. The van der Waals surface area contributed by atoms with Gasteiger partial charge in [-0.2, -0.15) is 0 Å². The van der Waals surface area contributed by atoms with Gasteiger partial charge in [0.15, 0.2) is 0 Å². The zero-order valence-corrected chi connectivity index (χ0v) is 3.97. The summed E-state index contributed by atoms with van der Waals surface area (Å²) in [6.07, 6.45) is 0. The Hall–Kier alpha value is 0.159. The molecule has 0 spiro atoms. The van der Waals surface area contributed by atoms with Crippen molar-refractivity contribution in [2.45, 2.75) is 0 Å². The predicted molar refractivity (Wildman–Crippen MR) is 15.1 cm³/mol. The summed E-state index contributed by atoms with van der Waals surface area (Å²) >= 11 is 1.69. The quantitative estimate of drug-likeness (QED) is 0.319. The minimum atomic E-state index is 0. The molecule has 5 nitrogen and oxygen atoms in total. The van der Waals surface area contributed by atoms with Gasteiger partial charge in [-0.1, -0.05) is 0 Å². The van der Waals surface area contributed by atoms with Gasteiger partial charge < -0.3 is 21.9 Å². The molecule has 0 bridgehead atoms. The third-order valence-corrected chi connectivity index (χ3v) is 0. The molecule has 0 aromatic heterocycles. The van der Waals surface area contributed by atoms with E-state index in [0.29, 0.717) is 0 Å². The fourth-order valence-corrected chi connectivity index (χ4v) is 0. The van der Waals surface area contributed by atoms with E-state index in [-0.39, 0.29) is 21.9 Å². The average Bonchev–Trinajstić information content (AvgIpc) is 1.00. The van der Waals surface area contributed by atoms with Crippen LogP contribution < -0.4 is 0 Å². The molecule has 6 heteroatoms. The predicted octanol–water partition coefficient (Wildman–Crippen LogP) is -3.42. The minimum absolute atomic E-state index is 0. The third-order valence-electron chi connectivity index (χ3n) is 0. The molecule has 0 rings (SSSR count). The van der Waals surface area contributed by atoms with Crippen LogP contribution in [-0.4, -0.2) is 21.9 Å². The second-order valence-corrected chi connectivity index (χ2v) is 0. The van der Waals surface area contributed by atoms with Crippen LogP contribution in [0.3, 0.4) is 0 Å². The van der Waals surface area contributed by atoms with Gasteiger partial charge in [0.25, 0.3) is 0 Å². The van der Waals surface area contributed by atoms with Gasteiger partial charge >= 0.3 is 19.8 Å². The molecule has 0 aliphatic rings. The van der Waals surface area contributed by atoms with Crippen molar-refractivity contribution < 1.29 is 41.7 Å². The molecule has 0 aromatic rings. The summed E-state index contributed by atoms with van der Waals surface area (Å²) in [4.78, 5) is 0. The van der Waals surface area contributed by atoms with Gasteiger partial charge in [0.05, 0.1) is 0 Å². The molecular formula is H8MnO5. The van der Waals surface area contributed by atoms with E-state index in [9.17, 15) is 0 Å². The number of rotatable bonds is 0. The van der Waals surface area contributed by atoms with E-state index in [1.807, 2.05) is 0 Å². The molecule has 0 aromatic carbocycles. The average molecular weight is 143 g/mol. The Balaban J connectivity index is -0.000000000833. The van der Waals surface area contributed by atoms with Crippen LogP contribution in [0.1, 0.15) is 0 Å². The van der Waals surface area contributed by atoms with Crippen LogP contribution in [0.2, 0.25) is 0 Å². The first kappa shape index (κ1) is 122. The number of hydrogen-bond acceptors (Lipinski definition) is 1. The molecule has 0 saturated heterocycles. The van der Waals surface area contributed by atoms with E-state index in [1.54, 1.807) is 15.9 Å². The second kappa shape index (κ2) is 3510. The van der Waals surface area contributed by atoms with Crippen molar-refractivity contribution >= 4 is 0 Å². The summed E-state index contributed by atoms with van der Waals surface area (Å²) in [5.41, 5.74) is 0. The van der Waals surface area contributed by atoms with Gasteiger partial charge in [0.2, 0.25) is 0 Å². The normalized spacial score (nSPS) is 0.667. The maximum atomic E-state index is 8.06. The number of hydrogen-bond donors (Lipinski definition) is 0. The molecule has 0 amide bonds. The zero-order chi connectivity index (χ0) is 2.00. The Bertz CT molecular complexity index is 3.90. The van der Waals surface area contributed by atoms with Crippen LogP contribution in [0.4, 0.5) is 0 Å². The van der Waals surface area contributed by atoms with Crippen molar-refractivity contribution in [1.82, 2.24) is 0 Å². The van der Waals surface area contributed by atoms with Crippen molar-refractivity contribution in [2.75, 3.05) is 0 Å². The third kappa shape index (κ3) is 1630. The van der Waals surface area contributed by atoms with Crippen LogP contribution in [-0.2, 0) is 19.8 Å². The van der Waals surface area contributed by atoms with Crippen LogP contribution in [0.15, 0.2) is 0 Å². The first-order valence-electron chi connectivity index (χ1n) is 0.154. The van der Waals surface area contributed by atoms with Crippen LogP contribution >= 0.6 is 0 Å². The fourth-order valence-electron chi connectivity index (χ4n) is 0. The van der Waals surface area contributed by atoms with Crippen LogP contribution in [0.25, 0.3) is 0 Å². The van der Waals surface area contributed by atoms with E-state index >= 15 is 0 Å². The second-order valence-electron chi connectivity index (χ2n) is 0. The van der Waals surface area contributed by atoms with Crippen LogP contribution in [0, 0.1) is 0 Å². The summed E-state index contributed by atoms with van der Waals surface area (Å²) in [7, 11) is 0. The Morgan fingerprint density at radius 1 is 0.667 bits per heavy atom. The maximum absolute atomic E-state index is 8.06. The van der Waals surface area contributed by atoms with Gasteiger partial charge in [-0.05, 0) is 0 Å². The summed E-state index contributed by atoms with van der Waals surface area (Å²) in [5, 5.41) is 0. The van der Waals surface area contributed by atoms with Gasteiger partial charge in [-0.3, -0.25) is 0 Å². The van der Waals surface area contributed by atoms with Crippen molar-refractivity contribution in [3.8, 4) is 0 Å². The molecule has 0 fully saturated rings. The van der Waals surface area contributed by atoms with E-state index in [2.05, 4.69) is 0 Å². The summed E-state index contributed by atoms with van der Waals surface area (Å²) in [5.74, 6) is 0. The molecule has 8 N–H and O–H groups in total. The molecule has 0 radical (unpaired) electrons. The molecule has 0 heterocycles. The Labute approximate surface area is 42.6 Å². The molecule has 0 aliphatic carbocycles. The van der Waals surface area contributed by atoms with E-state index < -0.39 is 0 Å². The van der Waals surface area contributed by atoms with Gasteiger partial charge in [0, 0.05) is 0 Å². The van der Waals surface area contributed by atoms with Crippen molar-refractivity contribution in [2.24, 2.45) is 0 Å². The first-order valence-corrected chi connectivity index (χ1v) is 0.636. The molecule has 0 saturated carbocycles. The van der Waals surface area contributed by atoms with E-state index in [0.717, 1.165) is 0 Å². The summed E-state index contributed by atoms with van der Waals surface area (Å²) in [6.45, 7) is 0. The summed E-state index contributed by atoms with van der Waals surface area (Å²) < 4.78 is 8.06. The first-order chi connectivity index (χ1) is 1.00.